The van der Waals surface area contributed by atoms with Gasteiger partial charge in [0.25, 0.3) is 0 Å². The van der Waals surface area contributed by atoms with E-state index in [1.54, 1.807) is 0 Å². The number of Topliss-reactive ketones (excluding diaryl/α,β-unsaturated/α-hetero) is 1. The zero-order valence-corrected chi connectivity index (χ0v) is 8.31. The number of allylic oxidation sites excluding steroid dienone is 2. The molecule has 12 heavy (non-hydrogen) atoms. The van der Waals surface area contributed by atoms with Crippen LogP contribution >= 0.6 is 0 Å². The van der Waals surface area contributed by atoms with Gasteiger partial charge >= 0.3 is 0 Å². The quantitative estimate of drug-likeness (QED) is 0.576. The Morgan fingerprint density at radius 2 is 1.58 bits per heavy atom. The summed E-state index contributed by atoms with van der Waals surface area (Å²) < 4.78 is 0. The average Bonchev–Trinajstić information content (AvgIpc) is 2.53. The van der Waals surface area contributed by atoms with Crippen molar-refractivity contribution in [2.75, 3.05) is 0 Å². The number of carbonyl (C=O) groups is 1. The van der Waals surface area contributed by atoms with Crippen molar-refractivity contribution in [3.8, 4) is 0 Å². The Labute approximate surface area is 74.9 Å². The van der Waals surface area contributed by atoms with E-state index in [0.717, 1.165) is 18.4 Å². The molecule has 0 radical (unpaired) electrons. The number of rotatable bonds is 2. The van der Waals surface area contributed by atoms with Crippen LogP contribution < -0.4 is 0 Å². The summed E-state index contributed by atoms with van der Waals surface area (Å²) in [5, 5.41) is 0. The maximum Gasteiger partial charge on any atom is 0.161 e. The summed E-state index contributed by atoms with van der Waals surface area (Å²) in [4.78, 5) is 11.7. The van der Waals surface area contributed by atoms with Crippen LogP contribution in [0.2, 0.25) is 0 Å². The Bertz CT molecular complexity index is 203. The third-order valence-electron chi connectivity index (χ3n) is 2.85. The van der Waals surface area contributed by atoms with Crippen molar-refractivity contribution in [1.82, 2.24) is 0 Å². The molecular formula is C11H18O. The van der Waals surface area contributed by atoms with E-state index in [2.05, 4.69) is 0 Å². The van der Waals surface area contributed by atoms with Gasteiger partial charge in [-0.1, -0.05) is 18.4 Å². The van der Waals surface area contributed by atoms with Crippen molar-refractivity contribution in [3.05, 3.63) is 11.1 Å². The highest BCUT2D eigenvalue weighted by atomic mass is 16.1. The lowest BCUT2D eigenvalue weighted by atomic mass is 9.95. The van der Waals surface area contributed by atoms with E-state index in [1.165, 1.54) is 18.4 Å². The molecule has 0 aromatic heterocycles. The Morgan fingerprint density at radius 1 is 1.08 bits per heavy atom. The first kappa shape index (κ1) is 9.50. The van der Waals surface area contributed by atoms with Crippen LogP contribution in [0.4, 0.5) is 0 Å². The van der Waals surface area contributed by atoms with Gasteiger partial charge in [0.2, 0.25) is 0 Å². The van der Waals surface area contributed by atoms with E-state index < -0.39 is 0 Å². The van der Waals surface area contributed by atoms with Crippen LogP contribution in [0.3, 0.4) is 0 Å². The van der Waals surface area contributed by atoms with Crippen molar-refractivity contribution in [3.63, 3.8) is 0 Å². The van der Waals surface area contributed by atoms with Gasteiger partial charge in [0, 0.05) is 5.92 Å². The Hall–Kier alpha value is -0.590. The van der Waals surface area contributed by atoms with Crippen LogP contribution in [0.1, 0.15) is 46.5 Å². The third-order valence-corrected chi connectivity index (χ3v) is 2.85. The molecule has 1 heteroatoms. The number of hydrogen-bond donors (Lipinski definition) is 0. The van der Waals surface area contributed by atoms with Gasteiger partial charge < -0.3 is 0 Å². The first-order chi connectivity index (χ1) is 5.63. The van der Waals surface area contributed by atoms with Crippen molar-refractivity contribution >= 4 is 5.78 Å². The molecule has 1 aliphatic carbocycles. The maximum absolute atomic E-state index is 11.7. The van der Waals surface area contributed by atoms with Crippen molar-refractivity contribution < 1.29 is 4.79 Å². The smallest absolute Gasteiger partial charge is 0.161 e. The van der Waals surface area contributed by atoms with E-state index in [9.17, 15) is 4.79 Å². The number of carbonyl (C=O) groups excluding carboxylic acids is 1. The number of hydrogen-bond acceptors (Lipinski definition) is 1. The van der Waals surface area contributed by atoms with Crippen LogP contribution in [0.15, 0.2) is 11.1 Å². The van der Waals surface area contributed by atoms with Gasteiger partial charge in [-0.3, -0.25) is 4.79 Å². The van der Waals surface area contributed by atoms with Crippen LogP contribution in [0, 0.1) is 5.92 Å². The van der Waals surface area contributed by atoms with Crippen LogP contribution in [0.5, 0.6) is 0 Å². The predicted molar refractivity (Wildman–Crippen MR) is 51.0 cm³/mol. The lowest BCUT2D eigenvalue weighted by Crippen LogP contribution is -2.12. The summed E-state index contributed by atoms with van der Waals surface area (Å²) in [5.74, 6) is 0.743. The molecule has 0 bridgehead atoms. The predicted octanol–water partition coefficient (Wildman–Crippen LogP) is 3.10. The lowest BCUT2D eigenvalue weighted by molar-refractivity contribution is -0.119. The minimum Gasteiger partial charge on any atom is -0.294 e. The minimum absolute atomic E-state index is 0.347. The van der Waals surface area contributed by atoms with Crippen molar-refractivity contribution in [2.24, 2.45) is 5.92 Å². The summed E-state index contributed by atoms with van der Waals surface area (Å²) in [7, 11) is 0. The summed E-state index contributed by atoms with van der Waals surface area (Å²) in [6.45, 7) is 5.99. The van der Waals surface area contributed by atoms with Crippen LogP contribution in [-0.4, -0.2) is 5.78 Å². The lowest BCUT2D eigenvalue weighted by Gasteiger charge is -2.08. The molecule has 1 aliphatic rings. The third kappa shape index (κ3) is 1.96. The van der Waals surface area contributed by atoms with E-state index in [0.29, 0.717) is 11.7 Å². The van der Waals surface area contributed by atoms with Crippen molar-refractivity contribution in [1.29, 1.82) is 0 Å². The second-order valence-corrected chi connectivity index (χ2v) is 3.97. The molecule has 1 rings (SSSR count). The fourth-order valence-electron chi connectivity index (χ4n) is 1.74. The SMILES string of the molecule is CC(C)=C(C)C(=O)C1CCCC1. The van der Waals surface area contributed by atoms with Gasteiger partial charge in [0.15, 0.2) is 5.78 Å². The van der Waals surface area contributed by atoms with E-state index in [-0.39, 0.29) is 0 Å². The maximum atomic E-state index is 11.7. The van der Waals surface area contributed by atoms with Gasteiger partial charge in [0.05, 0.1) is 0 Å². The molecule has 0 saturated heterocycles. The molecule has 0 aromatic carbocycles. The standard InChI is InChI=1S/C11H18O/c1-8(2)9(3)11(12)10-6-4-5-7-10/h10H,4-7H2,1-3H3. The molecule has 0 N–H and O–H groups in total. The second-order valence-electron chi connectivity index (χ2n) is 3.97. The fraction of sp³-hybridized carbons (Fsp3) is 0.727. The molecule has 0 aromatic rings. The first-order valence-corrected chi connectivity index (χ1v) is 4.81. The first-order valence-electron chi connectivity index (χ1n) is 4.81. The second kappa shape index (κ2) is 3.88. The van der Waals surface area contributed by atoms with Crippen molar-refractivity contribution in [2.45, 2.75) is 46.5 Å². The van der Waals surface area contributed by atoms with Gasteiger partial charge in [-0.05, 0) is 39.2 Å². The summed E-state index contributed by atoms with van der Waals surface area (Å²) in [6.07, 6.45) is 4.71. The van der Waals surface area contributed by atoms with Gasteiger partial charge in [0.1, 0.15) is 0 Å². The highest BCUT2D eigenvalue weighted by molar-refractivity contribution is 5.97. The van der Waals surface area contributed by atoms with E-state index in [1.807, 2.05) is 20.8 Å². The monoisotopic (exact) mass is 166 g/mol. The number of ketones is 1. The van der Waals surface area contributed by atoms with Gasteiger partial charge in [-0.15, -0.1) is 0 Å². The molecular weight excluding hydrogens is 148 g/mol. The van der Waals surface area contributed by atoms with E-state index >= 15 is 0 Å². The topological polar surface area (TPSA) is 17.1 Å². The minimum atomic E-state index is 0.347. The molecule has 1 fully saturated rings. The summed E-state index contributed by atoms with van der Waals surface area (Å²) in [6, 6.07) is 0. The van der Waals surface area contributed by atoms with Gasteiger partial charge in [-0.25, -0.2) is 0 Å². The molecule has 68 valence electrons. The molecule has 0 atom stereocenters. The molecule has 1 saturated carbocycles. The highest BCUT2D eigenvalue weighted by Gasteiger charge is 2.23. The molecule has 0 spiro atoms. The highest BCUT2D eigenvalue weighted by Crippen LogP contribution is 2.28. The summed E-state index contributed by atoms with van der Waals surface area (Å²) >= 11 is 0. The molecule has 0 aliphatic heterocycles. The largest absolute Gasteiger partial charge is 0.294 e. The van der Waals surface area contributed by atoms with Crippen LogP contribution in [-0.2, 0) is 4.79 Å². The molecule has 0 amide bonds. The Balaban J connectivity index is 2.64. The zero-order chi connectivity index (χ0) is 9.14. The summed E-state index contributed by atoms with van der Waals surface area (Å²) in [5.41, 5.74) is 2.16. The average molecular weight is 166 g/mol. The fourth-order valence-corrected chi connectivity index (χ4v) is 1.74. The zero-order valence-electron chi connectivity index (χ0n) is 8.31. The molecule has 1 nitrogen and oxygen atoms in total. The normalized spacial score (nSPS) is 17.9. The Morgan fingerprint density at radius 3 is 2.00 bits per heavy atom. The van der Waals surface area contributed by atoms with E-state index in [4.69, 9.17) is 0 Å². The Kier molecular flexibility index (Phi) is 3.07. The molecule has 0 unspecified atom stereocenters. The van der Waals surface area contributed by atoms with Gasteiger partial charge in [-0.2, -0.15) is 0 Å². The molecule has 0 heterocycles. The van der Waals surface area contributed by atoms with Crippen LogP contribution in [0.25, 0.3) is 0 Å².